The first kappa shape index (κ1) is 20.7. The van der Waals surface area contributed by atoms with Crippen molar-refractivity contribution in [2.75, 3.05) is 6.54 Å². The highest BCUT2D eigenvalue weighted by Gasteiger charge is 2.15. The average molecular weight is 375 g/mol. The number of aromatic nitrogens is 3. The third kappa shape index (κ3) is 6.54. The SMILES string of the molecule is CC(CCCCNC(=O)OC(C)(C)C)NC(=O)c1ccc2nnn(C)c2c1. The van der Waals surface area contributed by atoms with Crippen LogP contribution in [0.5, 0.6) is 0 Å². The number of unbranched alkanes of at least 4 members (excludes halogenated alkanes) is 1. The van der Waals surface area contributed by atoms with Crippen LogP contribution in [0.1, 0.15) is 57.3 Å². The number of nitrogens with one attached hydrogen (secondary N) is 2. The molecule has 8 nitrogen and oxygen atoms in total. The predicted octanol–water partition coefficient (Wildman–Crippen LogP) is 2.78. The first-order valence-corrected chi connectivity index (χ1v) is 9.23. The van der Waals surface area contributed by atoms with Crippen molar-refractivity contribution in [3.05, 3.63) is 23.8 Å². The Morgan fingerprint density at radius 3 is 2.70 bits per heavy atom. The molecule has 0 saturated heterocycles. The van der Waals surface area contributed by atoms with E-state index < -0.39 is 11.7 Å². The van der Waals surface area contributed by atoms with Gasteiger partial charge in [0.1, 0.15) is 11.1 Å². The molecular weight excluding hydrogens is 346 g/mol. The van der Waals surface area contributed by atoms with Gasteiger partial charge >= 0.3 is 6.09 Å². The van der Waals surface area contributed by atoms with E-state index in [0.29, 0.717) is 12.1 Å². The van der Waals surface area contributed by atoms with Crippen molar-refractivity contribution in [3.8, 4) is 0 Å². The quantitative estimate of drug-likeness (QED) is 0.725. The van der Waals surface area contributed by atoms with Crippen LogP contribution in [0.2, 0.25) is 0 Å². The van der Waals surface area contributed by atoms with Crippen LogP contribution in [-0.2, 0) is 11.8 Å². The van der Waals surface area contributed by atoms with E-state index in [1.165, 1.54) is 0 Å². The lowest BCUT2D eigenvalue weighted by atomic mass is 10.1. The Kier molecular flexibility index (Phi) is 6.76. The smallest absolute Gasteiger partial charge is 0.407 e. The van der Waals surface area contributed by atoms with E-state index >= 15 is 0 Å². The monoisotopic (exact) mass is 375 g/mol. The van der Waals surface area contributed by atoms with Gasteiger partial charge in [-0.2, -0.15) is 0 Å². The number of alkyl carbamates (subject to hydrolysis) is 1. The molecular formula is C19H29N5O3. The molecule has 0 spiro atoms. The van der Waals surface area contributed by atoms with Crippen LogP contribution in [0.4, 0.5) is 4.79 Å². The molecule has 0 radical (unpaired) electrons. The Labute approximate surface area is 159 Å². The molecule has 0 bridgehead atoms. The average Bonchev–Trinajstić information content (AvgIpc) is 2.93. The number of ether oxygens (including phenoxy) is 1. The van der Waals surface area contributed by atoms with Gasteiger partial charge in [-0.25, -0.2) is 9.48 Å². The van der Waals surface area contributed by atoms with E-state index in [2.05, 4.69) is 20.9 Å². The number of hydrogen-bond acceptors (Lipinski definition) is 5. The summed E-state index contributed by atoms with van der Waals surface area (Å²) in [5.41, 5.74) is 1.69. The van der Waals surface area contributed by atoms with Gasteiger partial charge in [-0.15, -0.1) is 5.10 Å². The molecule has 1 aromatic carbocycles. The van der Waals surface area contributed by atoms with Gasteiger partial charge in [-0.1, -0.05) is 5.21 Å². The first-order chi connectivity index (χ1) is 12.7. The number of carbonyl (C=O) groups excluding carboxylic acids is 2. The predicted molar refractivity (Wildman–Crippen MR) is 104 cm³/mol. The maximum atomic E-state index is 12.4. The summed E-state index contributed by atoms with van der Waals surface area (Å²) < 4.78 is 6.83. The van der Waals surface area contributed by atoms with Crippen molar-refractivity contribution in [2.24, 2.45) is 7.05 Å². The molecule has 2 rings (SSSR count). The molecule has 0 aliphatic rings. The number of rotatable bonds is 7. The molecule has 27 heavy (non-hydrogen) atoms. The van der Waals surface area contributed by atoms with Crippen molar-refractivity contribution >= 4 is 23.0 Å². The van der Waals surface area contributed by atoms with E-state index in [1.54, 1.807) is 29.9 Å². The fourth-order valence-corrected chi connectivity index (χ4v) is 2.63. The summed E-state index contributed by atoms with van der Waals surface area (Å²) >= 11 is 0. The van der Waals surface area contributed by atoms with Gasteiger partial charge in [0, 0.05) is 25.2 Å². The molecule has 1 heterocycles. The van der Waals surface area contributed by atoms with Crippen LogP contribution in [0.25, 0.3) is 11.0 Å². The van der Waals surface area contributed by atoms with Crippen molar-refractivity contribution in [1.82, 2.24) is 25.6 Å². The Morgan fingerprint density at radius 2 is 2.00 bits per heavy atom. The highest BCUT2D eigenvalue weighted by atomic mass is 16.6. The minimum Gasteiger partial charge on any atom is -0.444 e. The summed E-state index contributed by atoms with van der Waals surface area (Å²) in [7, 11) is 1.80. The fraction of sp³-hybridized carbons (Fsp3) is 0.579. The number of benzene rings is 1. The topological polar surface area (TPSA) is 98.1 Å². The molecule has 0 aliphatic heterocycles. The largest absolute Gasteiger partial charge is 0.444 e. The minimum atomic E-state index is -0.489. The van der Waals surface area contributed by atoms with E-state index in [-0.39, 0.29) is 11.9 Å². The van der Waals surface area contributed by atoms with Crippen LogP contribution >= 0.6 is 0 Å². The van der Waals surface area contributed by atoms with Gasteiger partial charge < -0.3 is 15.4 Å². The van der Waals surface area contributed by atoms with E-state index in [0.717, 1.165) is 30.3 Å². The zero-order valence-corrected chi connectivity index (χ0v) is 16.7. The Bertz CT molecular complexity index is 794. The summed E-state index contributed by atoms with van der Waals surface area (Å²) in [6.07, 6.45) is 2.15. The normalized spacial score (nSPS) is 12.6. The number of amides is 2. The van der Waals surface area contributed by atoms with Gasteiger partial charge in [-0.3, -0.25) is 4.79 Å². The van der Waals surface area contributed by atoms with Gasteiger partial charge in [-0.05, 0) is 65.2 Å². The van der Waals surface area contributed by atoms with Crippen LogP contribution < -0.4 is 10.6 Å². The molecule has 1 atom stereocenters. The second kappa shape index (κ2) is 8.83. The standard InChI is InChI=1S/C19H29N5O3/c1-13(8-6-7-11-20-18(26)27-19(2,3)4)21-17(25)14-9-10-15-16(12-14)24(5)23-22-15/h9-10,12-13H,6-8,11H2,1-5H3,(H,20,26)(H,21,25). The third-order valence-corrected chi connectivity index (χ3v) is 3.98. The van der Waals surface area contributed by atoms with Gasteiger partial charge in [0.2, 0.25) is 0 Å². The lowest BCUT2D eigenvalue weighted by molar-refractivity contribution is 0.0527. The van der Waals surface area contributed by atoms with Crippen molar-refractivity contribution in [2.45, 2.75) is 58.6 Å². The lowest BCUT2D eigenvalue weighted by Crippen LogP contribution is -2.34. The molecule has 0 saturated carbocycles. The van der Waals surface area contributed by atoms with Crippen LogP contribution in [0.15, 0.2) is 18.2 Å². The van der Waals surface area contributed by atoms with Gasteiger partial charge in [0.05, 0.1) is 5.52 Å². The van der Waals surface area contributed by atoms with Crippen LogP contribution in [0, 0.1) is 0 Å². The number of fused-ring (bicyclic) bond motifs is 1. The molecule has 8 heteroatoms. The Hall–Kier alpha value is -2.64. The summed E-state index contributed by atoms with van der Waals surface area (Å²) in [5, 5.41) is 13.7. The number of hydrogen-bond donors (Lipinski definition) is 2. The van der Waals surface area contributed by atoms with Gasteiger partial charge in [0.15, 0.2) is 0 Å². The van der Waals surface area contributed by atoms with Gasteiger partial charge in [0.25, 0.3) is 5.91 Å². The zero-order chi connectivity index (χ0) is 20.0. The maximum absolute atomic E-state index is 12.4. The molecule has 0 fully saturated rings. The third-order valence-electron chi connectivity index (χ3n) is 3.98. The summed E-state index contributed by atoms with van der Waals surface area (Å²) in [4.78, 5) is 24.0. The molecule has 1 aromatic heterocycles. The molecule has 2 N–H and O–H groups in total. The fourth-order valence-electron chi connectivity index (χ4n) is 2.63. The summed E-state index contributed by atoms with van der Waals surface area (Å²) in [5.74, 6) is -0.113. The molecule has 148 valence electrons. The highest BCUT2D eigenvalue weighted by molar-refractivity contribution is 5.97. The first-order valence-electron chi connectivity index (χ1n) is 9.23. The number of aryl methyl sites for hydroxylation is 1. The molecule has 2 amide bonds. The Morgan fingerprint density at radius 1 is 1.26 bits per heavy atom. The number of nitrogens with zero attached hydrogens (tertiary/aromatic N) is 3. The second-order valence-corrected chi connectivity index (χ2v) is 7.72. The molecule has 1 unspecified atom stereocenters. The second-order valence-electron chi connectivity index (χ2n) is 7.72. The van der Waals surface area contributed by atoms with E-state index in [9.17, 15) is 9.59 Å². The number of carbonyl (C=O) groups is 2. The zero-order valence-electron chi connectivity index (χ0n) is 16.7. The van der Waals surface area contributed by atoms with Crippen LogP contribution in [-0.4, -0.2) is 45.2 Å². The molecule has 2 aromatic rings. The van der Waals surface area contributed by atoms with Crippen molar-refractivity contribution < 1.29 is 14.3 Å². The van der Waals surface area contributed by atoms with Crippen LogP contribution in [0.3, 0.4) is 0 Å². The minimum absolute atomic E-state index is 0.0411. The van der Waals surface area contributed by atoms with Crippen molar-refractivity contribution in [1.29, 1.82) is 0 Å². The highest BCUT2D eigenvalue weighted by Crippen LogP contribution is 2.13. The maximum Gasteiger partial charge on any atom is 0.407 e. The molecule has 0 aliphatic carbocycles. The summed E-state index contributed by atoms with van der Waals surface area (Å²) in [6.45, 7) is 8.03. The summed E-state index contributed by atoms with van der Waals surface area (Å²) in [6, 6.07) is 5.38. The van der Waals surface area contributed by atoms with Crippen molar-refractivity contribution in [3.63, 3.8) is 0 Å². The van der Waals surface area contributed by atoms with E-state index in [4.69, 9.17) is 4.74 Å². The lowest BCUT2D eigenvalue weighted by Gasteiger charge is -2.19. The Balaban J connectivity index is 1.70. The van der Waals surface area contributed by atoms with E-state index in [1.807, 2.05) is 27.7 Å².